The Morgan fingerprint density at radius 3 is 2.63 bits per heavy atom. The number of thiazole rings is 1. The first-order valence-electron chi connectivity index (χ1n) is 11.3. The van der Waals surface area contributed by atoms with Gasteiger partial charge in [0.05, 0.1) is 36.4 Å². The number of nitrogen functional groups attached to an aromatic ring is 1. The van der Waals surface area contributed by atoms with E-state index in [-0.39, 0.29) is 40.2 Å². The summed E-state index contributed by atoms with van der Waals surface area (Å²) in [5.41, 5.74) is 15.6. The van der Waals surface area contributed by atoms with Crippen LogP contribution in [0.25, 0.3) is 0 Å². The Labute approximate surface area is 219 Å². The van der Waals surface area contributed by atoms with Gasteiger partial charge in [0.25, 0.3) is 0 Å². The lowest BCUT2D eigenvalue weighted by molar-refractivity contribution is -0.153. The summed E-state index contributed by atoms with van der Waals surface area (Å²) in [6, 6.07) is -1.74. The predicted octanol–water partition coefficient (Wildman–Crippen LogP) is -1.71. The van der Waals surface area contributed by atoms with Gasteiger partial charge in [0.2, 0.25) is 11.5 Å². The van der Waals surface area contributed by atoms with Crippen molar-refractivity contribution < 1.29 is 37.3 Å². The molecule has 0 spiro atoms. The van der Waals surface area contributed by atoms with E-state index in [1.54, 1.807) is 0 Å². The maximum absolute atomic E-state index is 13.2. The number of ketones is 1. The van der Waals surface area contributed by atoms with Gasteiger partial charge in [0, 0.05) is 24.6 Å². The number of amides is 1. The summed E-state index contributed by atoms with van der Waals surface area (Å²) in [5.74, 6) is -4.28. The lowest BCUT2D eigenvalue weighted by Crippen LogP contribution is -2.64. The van der Waals surface area contributed by atoms with E-state index in [1.807, 2.05) is 0 Å². The Morgan fingerprint density at radius 2 is 2.08 bits per heavy atom. The van der Waals surface area contributed by atoms with E-state index in [0.717, 1.165) is 16.1 Å². The second kappa shape index (κ2) is 10.3. The zero-order valence-corrected chi connectivity index (χ0v) is 21.3. The van der Waals surface area contributed by atoms with Gasteiger partial charge in [-0.2, -0.15) is 23.4 Å². The fourth-order valence-corrected chi connectivity index (χ4v) is 5.34. The minimum Gasteiger partial charge on any atom is -0.478 e. The van der Waals surface area contributed by atoms with Crippen molar-refractivity contribution in [1.29, 1.82) is 0 Å². The smallest absolute Gasteiger partial charge is 0.362 e. The van der Waals surface area contributed by atoms with Crippen molar-refractivity contribution in [3.63, 3.8) is 0 Å². The van der Waals surface area contributed by atoms with Crippen LogP contribution < -0.4 is 17.2 Å². The minimum atomic E-state index is -4.96. The number of rotatable bonds is 13. The van der Waals surface area contributed by atoms with Crippen molar-refractivity contribution in [1.82, 2.24) is 24.3 Å². The average molecular weight is 572 g/mol. The average Bonchev–Trinajstić information content (AvgIpc) is 3.27. The highest BCUT2D eigenvalue weighted by Gasteiger charge is 2.56. The number of β-lactam (4-membered cyclic amide) rings is 1. The van der Waals surface area contributed by atoms with Gasteiger partial charge < -0.3 is 27.1 Å². The van der Waals surface area contributed by atoms with Gasteiger partial charge in [0.15, 0.2) is 16.6 Å². The molecule has 1 aliphatic carbocycles. The third-order valence-electron chi connectivity index (χ3n) is 6.15. The molecule has 1 saturated heterocycles. The summed E-state index contributed by atoms with van der Waals surface area (Å²) in [4.78, 5) is 47.6. The van der Waals surface area contributed by atoms with Gasteiger partial charge in [-0.15, -0.1) is 11.3 Å². The maximum atomic E-state index is 13.2. The molecule has 8 N–H and O–H groups in total. The molecule has 0 bridgehead atoms. The number of anilines is 1. The number of nitrogens with two attached hydrogens (primary N) is 3. The van der Waals surface area contributed by atoms with Crippen LogP contribution in [0, 0.1) is 5.92 Å². The first kappa shape index (κ1) is 27.5. The first-order chi connectivity index (χ1) is 17.9. The first-order valence-corrected chi connectivity index (χ1v) is 13.5. The molecule has 2 aliphatic rings. The molecule has 1 saturated carbocycles. The van der Waals surface area contributed by atoms with Crippen LogP contribution in [0.5, 0.6) is 0 Å². The lowest BCUT2D eigenvalue weighted by atomic mass is 9.84. The van der Waals surface area contributed by atoms with Crippen LogP contribution in [0.1, 0.15) is 43.1 Å². The van der Waals surface area contributed by atoms with Crippen molar-refractivity contribution in [2.24, 2.45) is 22.5 Å². The van der Waals surface area contributed by atoms with Crippen molar-refractivity contribution in [3.8, 4) is 0 Å². The Balaban J connectivity index is 1.57. The molecule has 2 aromatic rings. The highest BCUT2D eigenvalue weighted by Crippen LogP contribution is 2.40. The predicted molar refractivity (Wildman–Crippen MR) is 130 cm³/mol. The van der Waals surface area contributed by atoms with Crippen LogP contribution in [0.15, 0.2) is 16.7 Å². The van der Waals surface area contributed by atoms with E-state index in [4.69, 9.17) is 22.0 Å². The molecule has 19 heteroatoms. The van der Waals surface area contributed by atoms with Gasteiger partial charge in [-0.1, -0.05) is 5.16 Å². The lowest BCUT2D eigenvalue weighted by Gasteiger charge is -2.43. The molecule has 0 aromatic carbocycles. The number of carboxylic acid groups (broad SMARTS) is 1. The topological polar surface area (TPSA) is 272 Å². The van der Waals surface area contributed by atoms with Crippen LogP contribution in [-0.4, -0.2) is 83.9 Å². The molecule has 3 atom stereocenters. The molecule has 0 radical (unpaired) electrons. The second-order valence-corrected chi connectivity index (χ2v) is 11.0. The van der Waals surface area contributed by atoms with E-state index >= 15 is 0 Å². The molecule has 4 rings (SSSR count). The second-order valence-electron chi connectivity index (χ2n) is 8.82. The Hall–Kier alpha value is -3.52. The standard InChI is InChI=1S/C19H25N9O8S2/c20-4-1-10(21)11-6-23-27(25-11)7-13-9(16(30)28(13)38(33,34)35)5-14(29)15(12-8-37-18(22)24-12)26-36-19(2-3-19)17(31)32/h6,8-10,13H,1-5,7,20-21H2,(H2,22,24)(H,31,32)(H,33,34,35)/b26-15-/t9-,10-,13+/m0/s1. The van der Waals surface area contributed by atoms with Crippen LogP contribution >= 0.6 is 11.3 Å². The van der Waals surface area contributed by atoms with E-state index in [0.29, 0.717) is 18.7 Å². The van der Waals surface area contributed by atoms with Crippen molar-refractivity contribution >= 4 is 50.1 Å². The SMILES string of the molecule is NCC[C@H](N)c1cnn(C[C@@H]2[C@H](CC(=O)/C(=N\OC3(C(=O)O)CC3)c3csc(N)n3)C(=O)N2S(=O)(=O)O)n1. The van der Waals surface area contributed by atoms with Crippen molar-refractivity contribution in [2.75, 3.05) is 12.3 Å². The maximum Gasteiger partial charge on any atom is 0.362 e. The molecule has 38 heavy (non-hydrogen) atoms. The van der Waals surface area contributed by atoms with Gasteiger partial charge >= 0.3 is 16.3 Å². The zero-order valence-electron chi connectivity index (χ0n) is 19.7. The van der Waals surface area contributed by atoms with Crippen LogP contribution in [-0.2, 0) is 36.1 Å². The van der Waals surface area contributed by atoms with E-state index in [2.05, 4.69) is 20.3 Å². The molecule has 3 heterocycles. The summed E-state index contributed by atoms with van der Waals surface area (Å²) < 4.78 is 33.6. The van der Waals surface area contributed by atoms with Crippen molar-refractivity contribution in [3.05, 3.63) is 23.0 Å². The zero-order chi connectivity index (χ0) is 27.8. The normalized spacial score (nSPS) is 21.6. The molecular weight excluding hydrogens is 546 g/mol. The number of oxime groups is 1. The van der Waals surface area contributed by atoms with Gasteiger partial charge in [-0.05, 0) is 13.0 Å². The number of hydrogen-bond donors (Lipinski definition) is 5. The van der Waals surface area contributed by atoms with E-state index < -0.39 is 58.0 Å². The Morgan fingerprint density at radius 1 is 1.37 bits per heavy atom. The largest absolute Gasteiger partial charge is 0.478 e. The molecule has 206 valence electrons. The van der Waals surface area contributed by atoms with Crippen LogP contribution in [0.2, 0.25) is 0 Å². The summed E-state index contributed by atoms with van der Waals surface area (Å²) in [5, 5.41) is 22.8. The third-order valence-corrected chi connectivity index (χ3v) is 7.77. The number of aromatic nitrogens is 4. The van der Waals surface area contributed by atoms with Crippen LogP contribution in [0.3, 0.4) is 0 Å². The number of hydrogen-bond acceptors (Lipinski definition) is 14. The minimum absolute atomic E-state index is 0.000855. The Bertz CT molecular complexity index is 1380. The summed E-state index contributed by atoms with van der Waals surface area (Å²) in [6.07, 6.45) is 1.60. The van der Waals surface area contributed by atoms with Gasteiger partial charge in [0.1, 0.15) is 5.69 Å². The van der Waals surface area contributed by atoms with Gasteiger partial charge in [-0.25, -0.2) is 14.1 Å². The summed E-state index contributed by atoms with van der Waals surface area (Å²) in [6.45, 7) is 0.0191. The number of aliphatic carboxylic acids is 1. The molecular formula is C19H25N9O8S2. The van der Waals surface area contributed by atoms with Crippen molar-refractivity contribution in [2.45, 2.75) is 49.9 Å². The highest BCUT2D eigenvalue weighted by atomic mass is 32.2. The fourth-order valence-electron chi connectivity index (χ4n) is 3.87. The fraction of sp³-hybridized carbons (Fsp3) is 0.526. The molecule has 2 aromatic heterocycles. The van der Waals surface area contributed by atoms with Crippen LogP contribution in [0.4, 0.5) is 5.13 Å². The quantitative estimate of drug-likeness (QED) is 0.0775. The molecule has 17 nitrogen and oxygen atoms in total. The van der Waals surface area contributed by atoms with E-state index in [9.17, 15) is 32.5 Å². The van der Waals surface area contributed by atoms with Gasteiger partial charge in [-0.3, -0.25) is 14.1 Å². The molecule has 1 amide bonds. The molecule has 1 aliphatic heterocycles. The number of carbonyl (C=O) groups is 3. The molecule has 0 unspecified atom stereocenters. The third kappa shape index (κ3) is 5.50. The number of nitrogens with zero attached hydrogens (tertiary/aromatic N) is 6. The number of carbonyl (C=O) groups excluding carboxylic acids is 2. The highest BCUT2D eigenvalue weighted by molar-refractivity contribution is 7.84. The Kier molecular flexibility index (Phi) is 7.48. The number of Topliss-reactive ketones (excluding diaryl/α,β-unsaturated/α-hetero) is 1. The summed E-state index contributed by atoms with van der Waals surface area (Å²) in [7, 11) is -4.96. The van der Waals surface area contributed by atoms with E-state index in [1.165, 1.54) is 11.6 Å². The monoisotopic (exact) mass is 571 g/mol. The molecule has 2 fully saturated rings. The number of carboxylic acids is 1. The summed E-state index contributed by atoms with van der Waals surface area (Å²) >= 11 is 0.995.